The number of rotatable bonds is 11. The number of benzene rings is 3. The van der Waals surface area contributed by atoms with Gasteiger partial charge in [0.2, 0.25) is 11.8 Å². The molecule has 1 atom stereocenters. The lowest BCUT2D eigenvalue weighted by Gasteiger charge is -2.38. The zero-order valence-electron chi connectivity index (χ0n) is 22.6. The molecule has 2 amide bonds. The molecule has 1 aliphatic heterocycles. The predicted octanol–water partition coefficient (Wildman–Crippen LogP) is 6.92. The second-order valence-corrected chi connectivity index (χ2v) is 10.9. The van der Waals surface area contributed by atoms with Gasteiger partial charge in [0.15, 0.2) is 0 Å². The van der Waals surface area contributed by atoms with Crippen LogP contribution in [0.4, 0.5) is 22.7 Å². The summed E-state index contributed by atoms with van der Waals surface area (Å²) < 4.78 is 5.29. The monoisotopic (exact) mass is 554 g/mol. The number of nitrogens with one attached hydrogen (secondary N) is 2. The molecule has 5 rings (SSSR count). The maximum absolute atomic E-state index is 13.1. The van der Waals surface area contributed by atoms with E-state index in [0.717, 1.165) is 52.4 Å². The fraction of sp³-hybridized carbons (Fsp3) is 0.250. The van der Waals surface area contributed by atoms with Gasteiger partial charge in [0.25, 0.3) is 0 Å². The van der Waals surface area contributed by atoms with Crippen molar-refractivity contribution in [3.05, 3.63) is 89.8 Å². The van der Waals surface area contributed by atoms with Crippen molar-refractivity contribution in [3.63, 3.8) is 0 Å². The minimum Gasteiger partial charge on any atom is -0.497 e. The highest BCUT2D eigenvalue weighted by Gasteiger charge is 2.32. The van der Waals surface area contributed by atoms with Crippen LogP contribution in [0.3, 0.4) is 0 Å². The Morgan fingerprint density at radius 3 is 2.62 bits per heavy atom. The Morgan fingerprint density at radius 2 is 1.85 bits per heavy atom. The van der Waals surface area contributed by atoms with Gasteiger partial charge in [-0.2, -0.15) is 0 Å². The molecule has 0 bridgehead atoms. The molecule has 0 fully saturated rings. The van der Waals surface area contributed by atoms with E-state index in [1.165, 1.54) is 0 Å². The molecule has 1 aliphatic rings. The van der Waals surface area contributed by atoms with Crippen molar-refractivity contribution in [1.82, 2.24) is 0 Å². The number of ether oxygens (including phenoxy) is 1. The Morgan fingerprint density at radius 1 is 1.02 bits per heavy atom. The molecule has 1 aromatic heterocycles. The van der Waals surface area contributed by atoms with E-state index in [0.29, 0.717) is 30.8 Å². The fourth-order valence-corrected chi connectivity index (χ4v) is 5.76. The maximum Gasteiger partial charge on any atom is 0.247 e. The van der Waals surface area contributed by atoms with Crippen LogP contribution >= 0.6 is 11.3 Å². The van der Waals surface area contributed by atoms with Crippen molar-refractivity contribution in [1.29, 1.82) is 0 Å². The first-order valence-corrected chi connectivity index (χ1v) is 14.4. The predicted molar refractivity (Wildman–Crippen MR) is 164 cm³/mol. The highest BCUT2D eigenvalue weighted by Crippen LogP contribution is 2.35. The highest BCUT2D eigenvalue weighted by atomic mass is 32.1. The third kappa shape index (κ3) is 6.46. The normalized spacial score (nSPS) is 14.4. The number of methoxy groups -OCH3 is 1. The molecule has 4 N–H and O–H groups in total. The molecule has 7 nitrogen and oxygen atoms in total. The van der Waals surface area contributed by atoms with Crippen molar-refractivity contribution in [3.8, 4) is 16.2 Å². The van der Waals surface area contributed by atoms with Gasteiger partial charge in [0.1, 0.15) is 11.8 Å². The molecule has 2 heterocycles. The SMILES string of the molecule is COc1ccc(CN2c3ccccc3NC(=O)C2CCCCCC(=O)Nc2cc(-c3cccs3)ccc2N)cc1. The number of thiophene rings is 1. The van der Waals surface area contributed by atoms with Crippen LogP contribution < -0.4 is 26.0 Å². The second-order valence-electron chi connectivity index (χ2n) is 9.93. The molecule has 0 radical (unpaired) electrons. The Labute approximate surface area is 239 Å². The minimum absolute atomic E-state index is 0.00560. The van der Waals surface area contributed by atoms with Gasteiger partial charge in [-0.1, -0.05) is 49.2 Å². The van der Waals surface area contributed by atoms with Crippen LogP contribution in [0.2, 0.25) is 0 Å². The van der Waals surface area contributed by atoms with E-state index < -0.39 is 0 Å². The smallest absolute Gasteiger partial charge is 0.247 e. The van der Waals surface area contributed by atoms with Gasteiger partial charge in [-0.05, 0) is 71.8 Å². The summed E-state index contributed by atoms with van der Waals surface area (Å²) in [5.41, 5.74) is 11.3. The zero-order valence-corrected chi connectivity index (χ0v) is 23.4. The Bertz CT molecular complexity index is 1450. The molecule has 0 saturated heterocycles. The van der Waals surface area contributed by atoms with Crippen molar-refractivity contribution in [2.24, 2.45) is 0 Å². The summed E-state index contributed by atoms with van der Waals surface area (Å²) in [4.78, 5) is 29.1. The number of nitrogen functional groups attached to an aromatic ring is 1. The van der Waals surface area contributed by atoms with Crippen molar-refractivity contribution in [2.75, 3.05) is 28.4 Å². The summed E-state index contributed by atoms with van der Waals surface area (Å²) in [6.45, 7) is 0.619. The first kappa shape index (κ1) is 27.3. The lowest BCUT2D eigenvalue weighted by molar-refractivity contribution is -0.118. The molecule has 8 heteroatoms. The van der Waals surface area contributed by atoms with E-state index in [1.54, 1.807) is 18.4 Å². The van der Waals surface area contributed by atoms with Gasteiger partial charge >= 0.3 is 0 Å². The van der Waals surface area contributed by atoms with Gasteiger partial charge in [-0.15, -0.1) is 11.3 Å². The average molecular weight is 555 g/mol. The number of fused-ring (bicyclic) bond motifs is 1. The van der Waals surface area contributed by atoms with Crippen LogP contribution in [0.1, 0.15) is 37.7 Å². The van der Waals surface area contributed by atoms with Gasteiger partial charge in [0.05, 0.1) is 29.9 Å². The number of hydrogen-bond donors (Lipinski definition) is 3. The first-order valence-electron chi connectivity index (χ1n) is 13.5. The molecule has 40 heavy (non-hydrogen) atoms. The zero-order chi connectivity index (χ0) is 27.9. The Hall–Kier alpha value is -4.30. The third-order valence-corrected chi connectivity index (χ3v) is 8.10. The lowest BCUT2D eigenvalue weighted by Crippen LogP contribution is -2.47. The van der Waals surface area contributed by atoms with E-state index in [2.05, 4.69) is 21.6 Å². The molecule has 206 valence electrons. The molecule has 1 unspecified atom stereocenters. The van der Waals surface area contributed by atoms with E-state index >= 15 is 0 Å². The Balaban J connectivity index is 1.16. The molecular formula is C32H34N4O3S. The summed E-state index contributed by atoms with van der Waals surface area (Å²) in [6.07, 6.45) is 3.52. The van der Waals surface area contributed by atoms with E-state index in [-0.39, 0.29) is 17.9 Å². The average Bonchev–Trinajstić information content (AvgIpc) is 3.51. The van der Waals surface area contributed by atoms with Gasteiger partial charge < -0.3 is 26.0 Å². The minimum atomic E-state index is -0.286. The first-order chi connectivity index (χ1) is 19.5. The number of carbonyl (C=O) groups excluding carboxylic acids is 2. The number of nitrogens with zero attached hydrogens (tertiary/aromatic N) is 1. The van der Waals surface area contributed by atoms with Crippen LogP contribution in [0, 0.1) is 0 Å². The van der Waals surface area contributed by atoms with Gasteiger partial charge in [-0.3, -0.25) is 9.59 Å². The number of amides is 2. The number of carbonyl (C=O) groups is 2. The molecule has 4 aromatic rings. The highest BCUT2D eigenvalue weighted by molar-refractivity contribution is 7.13. The number of anilines is 4. The topological polar surface area (TPSA) is 96.7 Å². The van der Waals surface area contributed by atoms with E-state index in [1.807, 2.05) is 78.2 Å². The summed E-state index contributed by atoms with van der Waals surface area (Å²) in [7, 11) is 1.65. The largest absolute Gasteiger partial charge is 0.497 e. The molecule has 0 aliphatic carbocycles. The van der Waals surface area contributed by atoms with E-state index in [9.17, 15) is 9.59 Å². The quantitative estimate of drug-likeness (QED) is 0.138. The number of hydrogen-bond acceptors (Lipinski definition) is 6. The number of para-hydroxylation sites is 2. The maximum atomic E-state index is 13.1. The number of unbranched alkanes of at least 4 members (excludes halogenated alkanes) is 2. The standard InChI is InChI=1S/C32H34N4O3S/c1-39-24-16-13-22(14-17-24)21-36-28-9-6-5-8-26(28)35-32(38)29(36)10-3-2-4-12-31(37)34-27-20-23(15-18-25(27)33)30-11-7-19-40-30/h5-9,11,13-20,29H,2-4,10,12,21,33H2,1H3,(H,34,37)(H,35,38). The Kier molecular flexibility index (Phi) is 8.66. The molecule has 3 aromatic carbocycles. The summed E-state index contributed by atoms with van der Waals surface area (Å²) in [6, 6.07) is 25.4. The summed E-state index contributed by atoms with van der Waals surface area (Å²) >= 11 is 1.65. The number of nitrogens with two attached hydrogens (primary N) is 1. The van der Waals surface area contributed by atoms with Crippen LogP contribution in [-0.4, -0.2) is 25.0 Å². The van der Waals surface area contributed by atoms with Crippen molar-refractivity contribution >= 4 is 45.9 Å². The third-order valence-electron chi connectivity index (χ3n) is 7.18. The van der Waals surface area contributed by atoms with Gasteiger partial charge in [-0.25, -0.2) is 0 Å². The van der Waals surface area contributed by atoms with E-state index in [4.69, 9.17) is 10.5 Å². The summed E-state index contributed by atoms with van der Waals surface area (Å²) in [5, 5.41) is 8.07. The van der Waals surface area contributed by atoms with Crippen LogP contribution in [0.5, 0.6) is 5.75 Å². The lowest BCUT2D eigenvalue weighted by atomic mass is 10.00. The van der Waals surface area contributed by atoms with Crippen LogP contribution in [0.25, 0.3) is 10.4 Å². The molecular weight excluding hydrogens is 520 g/mol. The summed E-state index contributed by atoms with van der Waals surface area (Å²) in [5.74, 6) is 0.755. The van der Waals surface area contributed by atoms with Crippen molar-refractivity contribution in [2.45, 2.75) is 44.7 Å². The molecule has 0 spiro atoms. The van der Waals surface area contributed by atoms with Gasteiger partial charge in [0, 0.05) is 17.8 Å². The second kappa shape index (κ2) is 12.7. The molecule has 0 saturated carbocycles. The van der Waals surface area contributed by atoms with Crippen molar-refractivity contribution < 1.29 is 14.3 Å². The van der Waals surface area contributed by atoms with Crippen LogP contribution in [-0.2, 0) is 16.1 Å². The fourth-order valence-electron chi connectivity index (χ4n) is 5.04. The van der Waals surface area contributed by atoms with Crippen LogP contribution in [0.15, 0.2) is 84.2 Å².